The Balaban J connectivity index is 1.54. The van der Waals surface area contributed by atoms with Gasteiger partial charge in [0.25, 0.3) is 5.91 Å². The molecule has 0 aliphatic carbocycles. The molecule has 31 heavy (non-hydrogen) atoms. The number of benzene rings is 3. The molecule has 0 aliphatic rings. The molecule has 158 valence electrons. The van der Waals surface area contributed by atoms with Gasteiger partial charge in [-0.2, -0.15) is 4.80 Å². The smallest absolute Gasteiger partial charge is 0.255 e. The van der Waals surface area contributed by atoms with Crippen molar-refractivity contribution in [2.24, 2.45) is 0 Å². The highest BCUT2D eigenvalue weighted by Crippen LogP contribution is 2.24. The predicted octanol–water partition coefficient (Wildman–Crippen LogP) is 5.81. The lowest BCUT2D eigenvalue weighted by Crippen LogP contribution is -2.13. The molecule has 0 bridgehead atoms. The molecule has 4 aromatic rings. The number of anilines is 1. The van der Waals surface area contributed by atoms with Crippen molar-refractivity contribution in [3.05, 3.63) is 76.8 Å². The van der Waals surface area contributed by atoms with Crippen LogP contribution in [0.2, 0.25) is 5.02 Å². The minimum absolute atomic E-state index is 0.135. The first kappa shape index (κ1) is 20.9. The number of halogens is 1. The zero-order valence-corrected chi connectivity index (χ0v) is 18.3. The summed E-state index contributed by atoms with van der Waals surface area (Å²) in [5.41, 5.74) is 4.40. The highest BCUT2D eigenvalue weighted by atomic mass is 35.5. The molecule has 0 saturated heterocycles. The van der Waals surface area contributed by atoms with Crippen LogP contribution in [0.25, 0.3) is 16.7 Å². The largest absolute Gasteiger partial charge is 0.491 e. The Kier molecular flexibility index (Phi) is 5.91. The molecule has 4 rings (SSSR count). The van der Waals surface area contributed by atoms with Crippen LogP contribution in [0.3, 0.4) is 0 Å². The summed E-state index contributed by atoms with van der Waals surface area (Å²) >= 11 is 5.96. The van der Waals surface area contributed by atoms with E-state index < -0.39 is 0 Å². The van der Waals surface area contributed by atoms with Crippen molar-refractivity contribution < 1.29 is 9.53 Å². The Morgan fingerprint density at radius 3 is 2.35 bits per heavy atom. The van der Waals surface area contributed by atoms with Crippen LogP contribution in [0.15, 0.2) is 60.7 Å². The number of nitrogens with zero attached hydrogens (tertiary/aromatic N) is 3. The molecule has 0 fully saturated rings. The maximum absolute atomic E-state index is 12.7. The molecule has 0 spiro atoms. The molecule has 0 unspecified atom stereocenters. The second-order valence-corrected chi connectivity index (χ2v) is 7.87. The summed E-state index contributed by atoms with van der Waals surface area (Å²) in [6.45, 7) is 6.02. The van der Waals surface area contributed by atoms with Gasteiger partial charge in [0.15, 0.2) is 0 Å². The highest BCUT2D eigenvalue weighted by Gasteiger charge is 2.12. The first-order chi connectivity index (χ1) is 14.9. The molecule has 0 saturated carbocycles. The third kappa shape index (κ3) is 4.70. The highest BCUT2D eigenvalue weighted by molar-refractivity contribution is 6.30. The maximum Gasteiger partial charge on any atom is 0.255 e. The van der Waals surface area contributed by atoms with Gasteiger partial charge in [0.05, 0.1) is 11.8 Å². The summed E-state index contributed by atoms with van der Waals surface area (Å²) in [4.78, 5) is 14.3. The Labute approximate surface area is 185 Å². The normalized spacial score (nSPS) is 12.0. The van der Waals surface area contributed by atoms with Gasteiger partial charge in [0.1, 0.15) is 16.8 Å². The molecular formula is C24H23ClN4O2. The van der Waals surface area contributed by atoms with Crippen molar-refractivity contribution in [2.75, 3.05) is 5.32 Å². The van der Waals surface area contributed by atoms with Crippen LogP contribution in [0.1, 0.15) is 36.2 Å². The van der Waals surface area contributed by atoms with Crippen LogP contribution in [0.4, 0.5) is 5.69 Å². The number of aryl methyl sites for hydroxylation is 1. The number of ether oxygens (including phenoxy) is 1. The van der Waals surface area contributed by atoms with E-state index in [1.807, 2.05) is 50.2 Å². The summed E-state index contributed by atoms with van der Waals surface area (Å²) < 4.78 is 5.77. The molecule has 1 N–H and O–H groups in total. The van der Waals surface area contributed by atoms with Gasteiger partial charge >= 0.3 is 0 Å². The van der Waals surface area contributed by atoms with Crippen LogP contribution in [-0.2, 0) is 0 Å². The standard InChI is InChI=1S/C24H23ClN4O2/c1-4-16(3)31-20-11-5-17(6-12-20)24(30)26-21-14-23-22(13-15(21)2)27-29(28-23)19-9-7-18(25)8-10-19/h5-14,16H,4H2,1-3H3,(H,26,30)/t16-/m0/s1. The first-order valence-electron chi connectivity index (χ1n) is 10.1. The second-order valence-electron chi connectivity index (χ2n) is 7.44. The number of rotatable bonds is 6. The molecule has 7 heteroatoms. The van der Waals surface area contributed by atoms with Crippen molar-refractivity contribution in [2.45, 2.75) is 33.3 Å². The third-order valence-corrected chi connectivity index (χ3v) is 5.31. The van der Waals surface area contributed by atoms with Crippen LogP contribution in [0.5, 0.6) is 5.75 Å². The molecular weight excluding hydrogens is 412 g/mol. The number of hydrogen-bond donors (Lipinski definition) is 1. The number of amides is 1. The van der Waals surface area contributed by atoms with E-state index in [2.05, 4.69) is 22.4 Å². The summed E-state index contributed by atoms with van der Waals surface area (Å²) in [7, 11) is 0. The van der Waals surface area contributed by atoms with Crippen molar-refractivity contribution in [3.63, 3.8) is 0 Å². The van der Waals surface area contributed by atoms with E-state index in [0.717, 1.165) is 28.9 Å². The molecule has 0 aliphatic heterocycles. The Hall–Kier alpha value is -3.38. The molecule has 3 aromatic carbocycles. The quantitative estimate of drug-likeness (QED) is 0.415. The third-order valence-electron chi connectivity index (χ3n) is 5.06. The monoisotopic (exact) mass is 434 g/mol. The SMILES string of the molecule is CC[C@H](C)Oc1ccc(C(=O)Nc2cc3nn(-c4ccc(Cl)cc4)nc3cc2C)cc1. The fraction of sp³-hybridized carbons (Fsp3) is 0.208. The van der Waals surface area contributed by atoms with Gasteiger partial charge in [-0.1, -0.05) is 18.5 Å². The van der Waals surface area contributed by atoms with Gasteiger partial charge in [-0.15, -0.1) is 10.2 Å². The Morgan fingerprint density at radius 1 is 1.06 bits per heavy atom. The summed E-state index contributed by atoms with van der Waals surface area (Å²) in [5, 5.41) is 12.7. The minimum Gasteiger partial charge on any atom is -0.491 e. The molecule has 1 amide bonds. The lowest BCUT2D eigenvalue weighted by molar-refractivity contribution is 0.102. The van der Waals surface area contributed by atoms with Crippen LogP contribution in [-0.4, -0.2) is 27.0 Å². The predicted molar refractivity (Wildman–Crippen MR) is 123 cm³/mol. The van der Waals surface area contributed by atoms with Gasteiger partial charge in [0, 0.05) is 16.3 Å². The minimum atomic E-state index is -0.192. The number of aromatic nitrogens is 3. The van der Waals surface area contributed by atoms with Crippen LogP contribution in [0, 0.1) is 6.92 Å². The van der Waals surface area contributed by atoms with E-state index in [9.17, 15) is 4.79 Å². The summed E-state index contributed by atoms with van der Waals surface area (Å²) in [6, 6.07) is 18.2. The molecule has 1 atom stereocenters. The van der Waals surface area contributed by atoms with E-state index in [4.69, 9.17) is 16.3 Å². The molecule has 6 nitrogen and oxygen atoms in total. The number of hydrogen-bond acceptors (Lipinski definition) is 4. The van der Waals surface area contributed by atoms with Gasteiger partial charge in [-0.3, -0.25) is 4.79 Å². The number of fused-ring (bicyclic) bond motifs is 1. The fourth-order valence-corrected chi connectivity index (χ4v) is 3.21. The fourth-order valence-electron chi connectivity index (χ4n) is 3.09. The van der Waals surface area contributed by atoms with Crippen molar-refractivity contribution in [3.8, 4) is 11.4 Å². The maximum atomic E-state index is 12.7. The Morgan fingerprint density at radius 2 is 1.71 bits per heavy atom. The average molecular weight is 435 g/mol. The second kappa shape index (κ2) is 8.78. The summed E-state index contributed by atoms with van der Waals surface area (Å²) in [6.07, 6.45) is 1.06. The van der Waals surface area contributed by atoms with E-state index >= 15 is 0 Å². The molecule has 0 radical (unpaired) electrons. The van der Waals surface area contributed by atoms with E-state index in [0.29, 0.717) is 21.8 Å². The zero-order chi connectivity index (χ0) is 22.0. The van der Waals surface area contributed by atoms with E-state index in [1.54, 1.807) is 29.1 Å². The van der Waals surface area contributed by atoms with Crippen molar-refractivity contribution in [1.82, 2.24) is 15.0 Å². The van der Waals surface area contributed by atoms with Gasteiger partial charge in [0.2, 0.25) is 0 Å². The molecule has 1 heterocycles. The van der Waals surface area contributed by atoms with Gasteiger partial charge < -0.3 is 10.1 Å². The topological polar surface area (TPSA) is 69.0 Å². The van der Waals surface area contributed by atoms with Crippen molar-refractivity contribution in [1.29, 1.82) is 0 Å². The summed E-state index contributed by atoms with van der Waals surface area (Å²) in [5.74, 6) is 0.560. The number of nitrogens with one attached hydrogen (secondary N) is 1. The van der Waals surface area contributed by atoms with E-state index in [1.165, 1.54) is 0 Å². The zero-order valence-electron chi connectivity index (χ0n) is 17.6. The molecule has 1 aromatic heterocycles. The number of carbonyl (C=O) groups is 1. The first-order valence-corrected chi connectivity index (χ1v) is 10.5. The van der Waals surface area contributed by atoms with Crippen molar-refractivity contribution >= 4 is 34.2 Å². The van der Waals surface area contributed by atoms with Crippen LogP contribution < -0.4 is 10.1 Å². The lowest BCUT2D eigenvalue weighted by atomic mass is 10.1. The average Bonchev–Trinajstić information content (AvgIpc) is 3.17. The van der Waals surface area contributed by atoms with Gasteiger partial charge in [-0.25, -0.2) is 0 Å². The van der Waals surface area contributed by atoms with E-state index in [-0.39, 0.29) is 12.0 Å². The van der Waals surface area contributed by atoms with Gasteiger partial charge in [-0.05, 0) is 86.5 Å². The number of carbonyl (C=O) groups excluding carboxylic acids is 1. The lowest BCUT2D eigenvalue weighted by Gasteiger charge is -2.13. The Bertz CT molecular complexity index is 1220. The van der Waals surface area contributed by atoms with Crippen LogP contribution >= 0.6 is 11.6 Å².